The van der Waals surface area contributed by atoms with Gasteiger partial charge >= 0.3 is 0 Å². The van der Waals surface area contributed by atoms with Crippen molar-refractivity contribution in [1.82, 2.24) is 0 Å². The first kappa shape index (κ1) is 18.3. The van der Waals surface area contributed by atoms with Crippen molar-refractivity contribution in [3.63, 3.8) is 0 Å². The molecule has 1 aromatic carbocycles. The van der Waals surface area contributed by atoms with Crippen LogP contribution in [0.4, 0.5) is 0 Å². The van der Waals surface area contributed by atoms with Crippen LogP contribution in [0.1, 0.15) is 32.8 Å². The van der Waals surface area contributed by atoms with E-state index in [1.807, 2.05) is 51.1 Å². The molecule has 2 aliphatic rings. The van der Waals surface area contributed by atoms with Crippen molar-refractivity contribution in [3.05, 3.63) is 53.6 Å². The first-order valence-electron chi connectivity index (χ1n) is 8.76. The highest BCUT2D eigenvalue weighted by atomic mass is 32.2. The Morgan fingerprint density at radius 3 is 2.52 bits per heavy atom. The summed E-state index contributed by atoms with van der Waals surface area (Å²) in [5.74, 6) is -0.0297. The Labute approximate surface area is 152 Å². The number of fused-ring (bicyclic) bond motifs is 1. The molecule has 0 fully saturated rings. The molecule has 0 aromatic heterocycles. The third-order valence-electron chi connectivity index (χ3n) is 6.08. The Hall–Kier alpha value is -1.52. The van der Waals surface area contributed by atoms with Crippen molar-refractivity contribution >= 4 is 16.6 Å². The van der Waals surface area contributed by atoms with E-state index < -0.39 is 21.8 Å². The lowest BCUT2D eigenvalue weighted by molar-refractivity contribution is -0.138. The van der Waals surface area contributed by atoms with Crippen LogP contribution in [0.2, 0.25) is 0 Å². The third-order valence-corrected chi connectivity index (χ3v) is 7.56. The number of ketones is 1. The number of hydrogen-bond acceptors (Lipinski definition) is 3. The zero-order valence-corrected chi connectivity index (χ0v) is 16.1. The summed E-state index contributed by atoms with van der Waals surface area (Å²) >= 11 is 0. The molecule has 0 unspecified atom stereocenters. The van der Waals surface area contributed by atoms with Crippen molar-refractivity contribution in [2.45, 2.75) is 44.6 Å². The van der Waals surface area contributed by atoms with Gasteiger partial charge in [-0.15, -0.1) is 0 Å². The molecule has 1 N–H and O–H groups in total. The van der Waals surface area contributed by atoms with Crippen LogP contribution in [0, 0.1) is 24.2 Å². The molecular weight excluding hydrogens is 332 g/mol. The van der Waals surface area contributed by atoms with E-state index in [1.54, 1.807) is 13.0 Å². The number of carbonyl (C=O) groups excluding carboxylic acids is 1. The van der Waals surface area contributed by atoms with Crippen LogP contribution in [0.15, 0.2) is 53.0 Å². The molecular formula is C21H26O3S. The van der Waals surface area contributed by atoms with E-state index in [0.717, 1.165) is 5.56 Å². The predicted octanol–water partition coefficient (Wildman–Crippen LogP) is 3.58. The van der Waals surface area contributed by atoms with Crippen molar-refractivity contribution in [2.75, 3.05) is 5.75 Å². The van der Waals surface area contributed by atoms with Crippen molar-refractivity contribution in [2.24, 2.45) is 17.3 Å². The van der Waals surface area contributed by atoms with Crippen LogP contribution < -0.4 is 0 Å². The molecule has 25 heavy (non-hydrogen) atoms. The van der Waals surface area contributed by atoms with Gasteiger partial charge in [-0.3, -0.25) is 9.00 Å². The lowest BCUT2D eigenvalue weighted by Crippen LogP contribution is -2.61. The van der Waals surface area contributed by atoms with Crippen LogP contribution in [0.5, 0.6) is 0 Å². The summed E-state index contributed by atoms with van der Waals surface area (Å²) in [5, 5.41) is 11.7. The van der Waals surface area contributed by atoms with Gasteiger partial charge in [-0.1, -0.05) is 43.7 Å². The molecule has 0 saturated carbocycles. The quantitative estimate of drug-likeness (QED) is 0.840. The molecule has 4 heteroatoms. The second-order valence-corrected chi connectivity index (χ2v) is 9.23. The molecule has 0 bridgehead atoms. The molecule has 134 valence electrons. The topological polar surface area (TPSA) is 54.4 Å². The van der Waals surface area contributed by atoms with Crippen LogP contribution >= 0.6 is 0 Å². The maximum absolute atomic E-state index is 13.0. The molecule has 0 saturated heterocycles. The first-order chi connectivity index (χ1) is 11.7. The number of rotatable bonds is 3. The number of aryl methyl sites for hydroxylation is 1. The van der Waals surface area contributed by atoms with Gasteiger partial charge in [0, 0.05) is 16.2 Å². The van der Waals surface area contributed by atoms with Crippen LogP contribution in [0.3, 0.4) is 0 Å². The van der Waals surface area contributed by atoms with Crippen molar-refractivity contribution in [1.29, 1.82) is 0 Å². The zero-order chi connectivity index (χ0) is 18.4. The van der Waals surface area contributed by atoms with E-state index in [2.05, 4.69) is 6.08 Å². The van der Waals surface area contributed by atoms with Gasteiger partial charge in [-0.05, 0) is 50.0 Å². The molecule has 2 aliphatic carbocycles. The van der Waals surface area contributed by atoms with Gasteiger partial charge in [0.1, 0.15) is 5.60 Å². The summed E-state index contributed by atoms with van der Waals surface area (Å²) < 4.78 is 13.0. The SMILES string of the molecule is CC1=CC(=O)[C@H]2[C@@H](C)C=CC[C@@]2(C)[C@]1(O)C[S@@](=O)c1ccc(C)cc1. The summed E-state index contributed by atoms with van der Waals surface area (Å²) in [4.78, 5) is 13.3. The fraction of sp³-hybridized carbons (Fsp3) is 0.476. The highest BCUT2D eigenvalue weighted by Gasteiger charge is 2.59. The monoisotopic (exact) mass is 358 g/mol. The predicted molar refractivity (Wildman–Crippen MR) is 101 cm³/mol. The highest BCUT2D eigenvalue weighted by Crippen LogP contribution is 2.54. The Balaban J connectivity index is 2.01. The summed E-state index contributed by atoms with van der Waals surface area (Å²) in [7, 11) is -1.34. The molecule has 0 amide bonds. The van der Waals surface area contributed by atoms with Gasteiger partial charge in [0.05, 0.1) is 16.6 Å². The Morgan fingerprint density at radius 2 is 1.88 bits per heavy atom. The fourth-order valence-electron chi connectivity index (χ4n) is 4.46. The van der Waals surface area contributed by atoms with E-state index in [9.17, 15) is 14.1 Å². The molecule has 0 radical (unpaired) electrons. The standard InChI is InChI=1S/C21H26O3S/c1-14-7-9-17(10-8-14)25(24)13-21(23)16(3)12-18(22)19-15(2)6-5-11-20(19,21)4/h5-10,12,15,19,23H,11,13H2,1-4H3/t15-,19+,20+,21-,25+/m0/s1. The minimum absolute atomic E-state index is 0.0648. The molecule has 0 aliphatic heterocycles. The molecule has 5 atom stereocenters. The van der Waals surface area contributed by atoms with Crippen LogP contribution in [-0.4, -0.2) is 26.5 Å². The largest absolute Gasteiger partial charge is 0.384 e. The summed E-state index contributed by atoms with van der Waals surface area (Å²) in [6, 6.07) is 7.57. The molecule has 0 heterocycles. The normalized spacial score (nSPS) is 35.9. The van der Waals surface area contributed by atoms with Gasteiger partial charge in [-0.2, -0.15) is 0 Å². The van der Waals surface area contributed by atoms with E-state index in [4.69, 9.17) is 0 Å². The van der Waals surface area contributed by atoms with E-state index in [0.29, 0.717) is 16.9 Å². The van der Waals surface area contributed by atoms with Gasteiger partial charge in [0.2, 0.25) is 0 Å². The number of allylic oxidation sites excluding steroid dienone is 3. The fourth-order valence-corrected chi connectivity index (χ4v) is 6.00. The molecule has 0 spiro atoms. The molecule has 3 nitrogen and oxygen atoms in total. The van der Waals surface area contributed by atoms with Crippen molar-refractivity contribution in [3.8, 4) is 0 Å². The van der Waals surface area contributed by atoms with E-state index in [1.165, 1.54) is 0 Å². The van der Waals surface area contributed by atoms with Gasteiger partial charge in [0.15, 0.2) is 5.78 Å². The molecule has 3 rings (SSSR count). The maximum Gasteiger partial charge on any atom is 0.160 e. The summed E-state index contributed by atoms with van der Waals surface area (Å²) in [5.41, 5.74) is -0.172. The van der Waals surface area contributed by atoms with Gasteiger partial charge in [0.25, 0.3) is 0 Å². The number of aliphatic hydroxyl groups is 1. The minimum atomic E-state index is -1.34. The smallest absolute Gasteiger partial charge is 0.160 e. The minimum Gasteiger partial charge on any atom is -0.384 e. The third kappa shape index (κ3) is 2.85. The maximum atomic E-state index is 13.0. The lowest BCUT2D eigenvalue weighted by atomic mass is 9.52. The number of hydrogen-bond donors (Lipinski definition) is 1. The Kier molecular flexibility index (Phi) is 4.63. The van der Waals surface area contributed by atoms with Crippen LogP contribution in [-0.2, 0) is 15.6 Å². The molecule has 1 aromatic rings. The first-order valence-corrected chi connectivity index (χ1v) is 10.1. The van der Waals surface area contributed by atoms with Gasteiger partial charge < -0.3 is 5.11 Å². The van der Waals surface area contributed by atoms with E-state index in [-0.39, 0.29) is 23.4 Å². The van der Waals surface area contributed by atoms with E-state index >= 15 is 0 Å². The lowest BCUT2D eigenvalue weighted by Gasteiger charge is -2.54. The summed E-state index contributed by atoms with van der Waals surface area (Å²) in [6.07, 6.45) is 6.28. The highest BCUT2D eigenvalue weighted by molar-refractivity contribution is 7.85. The van der Waals surface area contributed by atoms with Crippen molar-refractivity contribution < 1.29 is 14.1 Å². The summed E-state index contributed by atoms with van der Waals surface area (Å²) in [6.45, 7) is 7.76. The average molecular weight is 359 g/mol. The second-order valence-electron chi connectivity index (χ2n) is 7.78. The Morgan fingerprint density at radius 1 is 1.24 bits per heavy atom. The van der Waals surface area contributed by atoms with Crippen LogP contribution in [0.25, 0.3) is 0 Å². The Bertz CT molecular complexity index is 777. The number of benzene rings is 1. The van der Waals surface area contributed by atoms with Gasteiger partial charge in [-0.25, -0.2) is 0 Å². The average Bonchev–Trinajstić information content (AvgIpc) is 2.53. The zero-order valence-electron chi connectivity index (χ0n) is 15.3. The second kappa shape index (κ2) is 6.33. The number of carbonyl (C=O) groups is 1.